The number of amides is 1. The molecule has 3 aromatic rings. The average Bonchev–Trinajstić information content (AvgIpc) is 3.15. The zero-order chi connectivity index (χ0) is 17.6. The number of nitrogens with one attached hydrogen (secondary N) is 2. The zero-order valence-corrected chi connectivity index (χ0v) is 14.7. The third-order valence-corrected chi connectivity index (χ3v) is 4.68. The van der Waals surface area contributed by atoms with E-state index in [0.717, 1.165) is 10.6 Å². The average molecular weight is 371 g/mol. The van der Waals surface area contributed by atoms with Crippen molar-refractivity contribution in [1.82, 2.24) is 9.97 Å². The molecule has 9 heteroatoms. The van der Waals surface area contributed by atoms with E-state index < -0.39 is 0 Å². The molecule has 0 atom stereocenters. The highest BCUT2D eigenvalue weighted by molar-refractivity contribution is 7.16. The van der Waals surface area contributed by atoms with Crippen LogP contribution in [0, 0.1) is 0 Å². The van der Waals surface area contributed by atoms with Gasteiger partial charge in [0.25, 0.3) is 5.56 Å². The summed E-state index contributed by atoms with van der Waals surface area (Å²) in [4.78, 5) is 30.6. The van der Waals surface area contributed by atoms with Gasteiger partial charge in [-0.1, -0.05) is 29.5 Å². The van der Waals surface area contributed by atoms with Crippen LogP contribution in [0.5, 0.6) is 0 Å². The van der Waals surface area contributed by atoms with E-state index in [1.807, 2.05) is 30.3 Å². The van der Waals surface area contributed by atoms with E-state index in [9.17, 15) is 9.59 Å². The molecule has 0 unspecified atom stereocenters. The second-order valence-corrected chi connectivity index (χ2v) is 7.00. The minimum atomic E-state index is -0.208. The molecule has 3 rings (SSSR count). The molecule has 0 radical (unpaired) electrons. The number of benzene rings is 1. The Labute approximate surface area is 150 Å². The topological polar surface area (TPSA) is 99.6 Å². The molecule has 0 spiro atoms. The lowest BCUT2D eigenvalue weighted by atomic mass is 10.3. The number of aromatic amines is 1. The van der Waals surface area contributed by atoms with Gasteiger partial charge in [0, 0.05) is 13.1 Å². The highest BCUT2D eigenvalue weighted by atomic mass is 32.1. The number of carbonyl (C=O) groups excluding carboxylic acids is 1. The Kier molecular flexibility index (Phi) is 5.26. The van der Waals surface area contributed by atoms with Crippen molar-refractivity contribution >= 4 is 51.7 Å². The standard InChI is InChI=1S/C16H13N5O2S2/c1-10(22)19-16-17-8-12(24-16)7-13-15(23)20-14(25-13)9-18-21-11-5-3-2-4-6-11/h2-9H,1H3,(H,20,23)(H,17,19,22). The molecular formula is C16H13N5O2S2. The molecule has 126 valence electrons. The van der Waals surface area contributed by atoms with Gasteiger partial charge in [0.1, 0.15) is 4.66 Å². The Bertz CT molecular complexity index is 1080. The van der Waals surface area contributed by atoms with Crippen LogP contribution in [0.1, 0.15) is 11.8 Å². The van der Waals surface area contributed by atoms with Gasteiger partial charge in [-0.2, -0.15) is 10.2 Å². The SMILES string of the molecule is CC(=O)Nc1ncc(C=c2sc(=CN=Nc3ccccc3)[nH]c2=O)s1. The first kappa shape index (κ1) is 16.9. The predicted octanol–water partition coefficient (Wildman–Crippen LogP) is 2.20. The maximum atomic E-state index is 12.0. The highest BCUT2D eigenvalue weighted by Crippen LogP contribution is 2.18. The first-order chi connectivity index (χ1) is 12.1. The van der Waals surface area contributed by atoms with Crippen molar-refractivity contribution in [2.24, 2.45) is 10.2 Å². The molecule has 2 heterocycles. The molecular weight excluding hydrogens is 358 g/mol. The number of thiazole rings is 2. The molecule has 7 nitrogen and oxygen atoms in total. The van der Waals surface area contributed by atoms with Crippen LogP contribution in [0.3, 0.4) is 0 Å². The van der Waals surface area contributed by atoms with E-state index in [0.29, 0.717) is 14.3 Å². The van der Waals surface area contributed by atoms with Gasteiger partial charge < -0.3 is 10.3 Å². The van der Waals surface area contributed by atoms with Crippen molar-refractivity contribution in [1.29, 1.82) is 0 Å². The van der Waals surface area contributed by atoms with Crippen LogP contribution in [0.2, 0.25) is 0 Å². The molecule has 1 amide bonds. The lowest BCUT2D eigenvalue weighted by Gasteiger charge is -1.91. The van der Waals surface area contributed by atoms with Crippen molar-refractivity contribution in [3.63, 3.8) is 0 Å². The molecule has 0 fully saturated rings. The van der Waals surface area contributed by atoms with Crippen LogP contribution in [0.15, 0.2) is 51.6 Å². The summed E-state index contributed by atoms with van der Waals surface area (Å²) in [5.74, 6) is -0.185. The Balaban J connectivity index is 1.83. The fourth-order valence-electron chi connectivity index (χ4n) is 1.85. The highest BCUT2D eigenvalue weighted by Gasteiger charge is 2.02. The second kappa shape index (κ2) is 7.77. The Morgan fingerprint density at radius 2 is 2.08 bits per heavy atom. The minimum absolute atomic E-state index is 0.185. The maximum Gasteiger partial charge on any atom is 0.266 e. The largest absolute Gasteiger partial charge is 0.312 e. The lowest BCUT2D eigenvalue weighted by Crippen LogP contribution is -2.19. The van der Waals surface area contributed by atoms with Crippen LogP contribution in [0.25, 0.3) is 12.3 Å². The van der Waals surface area contributed by atoms with E-state index >= 15 is 0 Å². The van der Waals surface area contributed by atoms with Crippen molar-refractivity contribution < 1.29 is 4.79 Å². The maximum absolute atomic E-state index is 12.0. The van der Waals surface area contributed by atoms with Gasteiger partial charge in [-0.25, -0.2) is 4.98 Å². The van der Waals surface area contributed by atoms with Crippen LogP contribution in [-0.2, 0) is 4.79 Å². The molecule has 0 saturated carbocycles. The number of aromatic nitrogens is 2. The molecule has 0 bridgehead atoms. The van der Waals surface area contributed by atoms with Crippen LogP contribution >= 0.6 is 22.7 Å². The summed E-state index contributed by atoms with van der Waals surface area (Å²) in [6.45, 7) is 1.42. The lowest BCUT2D eigenvalue weighted by molar-refractivity contribution is -0.114. The predicted molar refractivity (Wildman–Crippen MR) is 99.6 cm³/mol. The van der Waals surface area contributed by atoms with E-state index in [-0.39, 0.29) is 11.5 Å². The third kappa shape index (κ3) is 4.78. The van der Waals surface area contributed by atoms with Crippen LogP contribution in [-0.4, -0.2) is 15.9 Å². The Morgan fingerprint density at radius 1 is 1.28 bits per heavy atom. The number of nitrogens with zero attached hydrogens (tertiary/aromatic N) is 3. The van der Waals surface area contributed by atoms with Crippen molar-refractivity contribution in [3.05, 3.63) is 61.0 Å². The summed E-state index contributed by atoms with van der Waals surface area (Å²) in [6.07, 6.45) is 4.83. The van der Waals surface area contributed by atoms with Gasteiger partial charge in [0.2, 0.25) is 5.91 Å². The first-order valence-corrected chi connectivity index (χ1v) is 8.84. The van der Waals surface area contributed by atoms with Crippen molar-refractivity contribution in [2.45, 2.75) is 6.92 Å². The van der Waals surface area contributed by atoms with Crippen molar-refractivity contribution in [3.8, 4) is 0 Å². The van der Waals surface area contributed by atoms with Gasteiger partial charge in [-0.05, 0) is 18.2 Å². The van der Waals surface area contributed by atoms with Gasteiger partial charge in [0.15, 0.2) is 5.13 Å². The molecule has 1 aromatic carbocycles. The number of rotatable bonds is 4. The Morgan fingerprint density at radius 3 is 2.84 bits per heavy atom. The quantitative estimate of drug-likeness (QED) is 0.688. The molecule has 2 N–H and O–H groups in total. The second-order valence-electron chi connectivity index (χ2n) is 4.86. The smallest absolute Gasteiger partial charge is 0.266 e. The van der Waals surface area contributed by atoms with Crippen LogP contribution in [0.4, 0.5) is 10.8 Å². The zero-order valence-electron chi connectivity index (χ0n) is 13.1. The number of hydrogen-bond acceptors (Lipinski definition) is 7. The molecule has 0 aliphatic rings. The molecule has 2 aromatic heterocycles. The number of H-pyrrole nitrogens is 1. The summed E-state index contributed by atoms with van der Waals surface area (Å²) in [6, 6.07) is 9.32. The number of anilines is 1. The fraction of sp³-hybridized carbons (Fsp3) is 0.0625. The van der Waals surface area contributed by atoms with Crippen molar-refractivity contribution in [2.75, 3.05) is 5.32 Å². The monoisotopic (exact) mass is 371 g/mol. The number of carbonyl (C=O) groups is 1. The van der Waals surface area contributed by atoms with Gasteiger partial charge in [-0.3, -0.25) is 9.59 Å². The first-order valence-electron chi connectivity index (χ1n) is 7.20. The van der Waals surface area contributed by atoms with Gasteiger partial charge in [0.05, 0.1) is 21.3 Å². The van der Waals surface area contributed by atoms with E-state index in [4.69, 9.17) is 0 Å². The fourth-order valence-corrected chi connectivity index (χ4v) is 3.54. The van der Waals surface area contributed by atoms with Crippen LogP contribution < -0.4 is 20.1 Å². The van der Waals surface area contributed by atoms with E-state index in [1.54, 1.807) is 12.3 Å². The molecule has 0 aliphatic heterocycles. The number of hydrogen-bond donors (Lipinski definition) is 2. The number of azo groups is 1. The summed E-state index contributed by atoms with van der Waals surface area (Å²) in [5, 5.41) is 11.1. The normalized spacial score (nSPS) is 12.8. The summed E-state index contributed by atoms with van der Waals surface area (Å²) in [7, 11) is 0. The molecule has 25 heavy (non-hydrogen) atoms. The third-order valence-electron chi connectivity index (χ3n) is 2.86. The minimum Gasteiger partial charge on any atom is -0.312 e. The summed E-state index contributed by atoms with van der Waals surface area (Å²) >= 11 is 2.56. The molecule has 0 saturated heterocycles. The van der Waals surface area contributed by atoms with Gasteiger partial charge in [-0.15, -0.1) is 11.3 Å². The summed E-state index contributed by atoms with van der Waals surface area (Å²) in [5.41, 5.74) is 0.528. The van der Waals surface area contributed by atoms with E-state index in [1.165, 1.54) is 35.8 Å². The Hall–Kier alpha value is -2.91. The van der Waals surface area contributed by atoms with E-state index in [2.05, 4.69) is 25.5 Å². The van der Waals surface area contributed by atoms with Gasteiger partial charge >= 0.3 is 0 Å². The summed E-state index contributed by atoms with van der Waals surface area (Å²) < 4.78 is 1.13. The molecule has 0 aliphatic carbocycles.